The van der Waals surface area contributed by atoms with Crippen molar-refractivity contribution < 1.29 is 27.5 Å². The van der Waals surface area contributed by atoms with E-state index in [9.17, 15) is 18.0 Å². The fourth-order valence-corrected chi connectivity index (χ4v) is 14.0. The molecule has 0 heterocycles. The van der Waals surface area contributed by atoms with Crippen molar-refractivity contribution in [2.45, 2.75) is 153 Å². The summed E-state index contributed by atoms with van der Waals surface area (Å²) in [4.78, 5) is 30.1. The molecule has 2 bridgehead atoms. The van der Waals surface area contributed by atoms with Gasteiger partial charge in [-0.15, -0.1) is 0 Å². The lowest BCUT2D eigenvalue weighted by atomic mass is 9.74. The van der Waals surface area contributed by atoms with Crippen LogP contribution in [0.2, 0.25) is 0 Å². The number of sulfone groups is 1. The van der Waals surface area contributed by atoms with Crippen molar-refractivity contribution >= 4 is 32.7 Å². The van der Waals surface area contributed by atoms with Crippen LogP contribution in [0.3, 0.4) is 0 Å². The zero-order valence-corrected chi connectivity index (χ0v) is 33.6. The van der Waals surface area contributed by atoms with Crippen LogP contribution in [0.5, 0.6) is 0 Å². The Morgan fingerprint density at radius 2 is 1.00 bits per heavy atom. The third-order valence-electron chi connectivity index (χ3n) is 12.9. The van der Waals surface area contributed by atoms with Gasteiger partial charge >= 0.3 is 11.9 Å². The monoisotopic (exact) mass is 771 g/mol. The average Bonchev–Trinajstić information content (AvgIpc) is 3.78. The van der Waals surface area contributed by atoms with E-state index in [4.69, 9.17) is 9.47 Å². The summed E-state index contributed by atoms with van der Waals surface area (Å²) in [5.74, 6) is 0.400. The van der Waals surface area contributed by atoms with E-state index in [2.05, 4.69) is 55.5 Å². The van der Waals surface area contributed by atoms with Gasteiger partial charge in [-0.05, 0) is 143 Å². The summed E-state index contributed by atoms with van der Waals surface area (Å²) in [6, 6.07) is 28.5. The van der Waals surface area contributed by atoms with E-state index in [-0.39, 0.29) is 52.1 Å². The molecule has 0 aromatic heterocycles. The third-order valence-corrected chi connectivity index (χ3v) is 17.4. The largest absolute Gasteiger partial charge is 0.462 e. The Morgan fingerprint density at radius 3 is 1.50 bits per heavy atom. The predicted octanol–water partition coefficient (Wildman–Crippen LogP) is 10.5. The van der Waals surface area contributed by atoms with Gasteiger partial charge in [0.05, 0.1) is 32.9 Å². The van der Waals surface area contributed by atoms with Crippen LogP contribution in [-0.2, 0) is 39.8 Å². The summed E-state index contributed by atoms with van der Waals surface area (Å²) >= 11 is 0. The highest BCUT2D eigenvalue weighted by molar-refractivity contribution is 7.97. The molecule has 0 radical (unpaired) electrons. The summed E-state index contributed by atoms with van der Waals surface area (Å²) < 4.78 is 37.8. The van der Waals surface area contributed by atoms with Crippen molar-refractivity contribution in [2.24, 2.45) is 29.6 Å². The van der Waals surface area contributed by atoms with Crippen molar-refractivity contribution in [3.05, 3.63) is 84.9 Å². The van der Waals surface area contributed by atoms with Gasteiger partial charge in [-0.3, -0.25) is 9.59 Å². The van der Waals surface area contributed by atoms with Crippen molar-refractivity contribution in [3.63, 3.8) is 0 Å². The van der Waals surface area contributed by atoms with Crippen LogP contribution in [-0.4, -0.2) is 37.8 Å². The number of hydrogen-bond acceptors (Lipinski definition) is 6. The number of hydrogen-bond donors (Lipinski definition) is 0. The second-order valence-corrected chi connectivity index (χ2v) is 20.8. The van der Waals surface area contributed by atoms with E-state index in [1.807, 2.05) is 36.4 Å². The quantitative estimate of drug-likeness (QED) is 0.159. The number of rotatable bonds is 9. The number of carbonyl (C=O) groups excluding carboxylic acids is 2. The molecule has 5 aliphatic rings. The molecule has 5 atom stereocenters. The van der Waals surface area contributed by atoms with Gasteiger partial charge in [0.25, 0.3) is 0 Å². The number of benzene rings is 3. The Hall–Kier alpha value is -3.10. The SMILES string of the molecule is CC1CC2CC1C(C(=O)OC1CCCCC1)C2C(=O)OC1CCCCC1.O=S(=O)(c1ccc([S+](c2ccccc2)c2ccccc2)cc1)C1CCCCC1. The average molecular weight is 772 g/mol. The van der Waals surface area contributed by atoms with Gasteiger partial charge in [-0.2, -0.15) is 0 Å². The molecule has 3 aromatic rings. The minimum atomic E-state index is -3.23. The minimum Gasteiger partial charge on any atom is -0.462 e. The van der Waals surface area contributed by atoms with Crippen LogP contribution in [0.1, 0.15) is 116 Å². The van der Waals surface area contributed by atoms with Gasteiger partial charge in [0, 0.05) is 0 Å². The molecule has 290 valence electrons. The fraction of sp³-hybridized carbons (Fsp3) is 0.565. The Bertz CT molecular complexity index is 1720. The summed E-state index contributed by atoms with van der Waals surface area (Å²) in [5.41, 5.74) is 0. The van der Waals surface area contributed by atoms with Gasteiger partial charge in [-0.25, -0.2) is 8.42 Å². The Kier molecular flexibility index (Phi) is 13.2. The van der Waals surface area contributed by atoms with Crippen LogP contribution in [0.15, 0.2) is 105 Å². The second kappa shape index (κ2) is 18.2. The maximum absolute atomic E-state index is 13.0. The van der Waals surface area contributed by atoms with Crippen molar-refractivity contribution in [3.8, 4) is 0 Å². The molecule has 5 fully saturated rings. The normalized spacial score (nSPS) is 26.5. The van der Waals surface area contributed by atoms with Gasteiger partial charge in [0.2, 0.25) is 0 Å². The van der Waals surface area contributed by atoms with Crippen LogP contribution in [0.4, 0.5) is 0 Å². The number of fused-ring (bicyclic) bond motifs is 2. The molecular weight excluding hydrogens is 713 g/mol. The summed E-state index contributed by atoms with van der Waals surface area (Å²) in [6.45, 7) is 2.23. The molecule has 5 saturated carbocycles. The number of esters is 2. The first-order valence-electron chi connectivity index (χ1n) is 20.9. The van der Waals surface area contributed by atoms with Gasteiger partial charge < -0.3 is 9.47 Å². The number of carbonyl (C=O) groups is 2. The highest BCUT2D eigenvalue weighted by Crippen LogP contribution is 2.56. The van der Waals surface area contributed by atoms with E-state index in [1.165, 1.54) is 22.6 Å². The van der Waals surface area contributed by atoms with Gasteiger partial charge in [-0.1, -0.05) is 75.4 Å². The van der Waals surface area contributed by atoms with E-state index in [1.54, 1.807) is 0 Å². The Balaban J connectivity index is 0.000000167. The first kappa shape index (κ1) is 39.1. The highest BCUT2D eigenvalue weighted by atomic mass is 32.2. The third kappa shape index (κ3) is 9.12. The molecule has 3 aromatic carbocycles. The maximum Gasteiger partial charge on any atom is 0.310 e. The zero-order valence-electron chi connectivity index (χ0n) is 32.0. The van der Waals surface area contributed by atoms with Crippen molar-refractivity contribution in [2.75, 3.05) is 0 Å². The van der Waals surface area contributed by atoms with Crippen molar-refractivity contribution in [1.29, 1.82) is 0 Å². The van der Waals surface area contributed by atoms with Gasteiger partial charge in [0.1, 0.15) is 12.2 Å². The molecule has 0 saturated heterocycles. The number of ether oxygens (including phenoxy) is 2. The summed E-state index contributed by atoms with van der Waals surface area (Å²) in [6.07, 6.45) is 18.0. The van der Waals surface area contributed by atoms with Crippen LogP contribution in [0, 0.1) is 29.6 Å². The molecule has 6 nitrogen and oxygen atoms in total. The molecular formula is C46H59O6S2+. The maximum atomic E-state index is 13.0. The highest BCUT2D eigenvalue weighted by Gasteiger charge is 2.58. The first-order valence-corrected chi connectivity index (χ1v) is 23.7. The molecule has 0 N–H and O–H groups in total. The molecule has 5 aliphatic carbocycles. The zero-order chi connectivity index (χ0) is 37.5. The van der Waals surface area contributed by atoms with Crippen LogP contribution < -0.4 is 0 Å². The van der Waals surface area contributed by atoms with Crippen molar-refractivity contribution in [1.82, 2.24) is 0 Å². The Labute approximate surface area is 326 Å². The standard InChI is InChI=1S/C24H25O2S2.C22H34O4/c25-28(26,23-14-8-3-9-15-23)24-18-16-22(17-19-24)27(20-10-4-1-5-11-20)21-12-6-2-7-13-21;1-14-12-15-13-18(14)20(22(24)26-17-10-6-3-7-11-17)19(15)21(23)25-16-8-4-2-5-9-16/h1-2,4-7,10-13,16-19,23H,3,8-9,14-15H2;14-20H,2-13H2,1H3/q+1;. The topological polar surface area (TPSA) is 86.7 Å². The van der Waals surface area contributed by atoms with E-state index >= 15 is 0 Å². The minimum absolute atomic E-state index is 0.0701. The second-order valence-electron chi connectivity index (χ2n) is 16.5. The van der Waals surface area contributed by atoms with E-state index in [0.717, 1.165) is 101 Å². The first-order chi connectivity index (χ1) is 26.3. The predicted molar refractivity (Wildman–Crippen MR) is 214 cm³/mol. The molecule has 54 heavy (non-hydrogen) atoms. The lowest BCUT2D eigenvalue weighted by Gasteiger charge is -2.34. The molecule has 5 unspecified atom stereocenters. The van der Waals surface area contributed by atoms with E-state index < -0.39 is 9.84 Å². The molecule has 8 rings (SSSR count). The fourth-order valence-electron chi connectivity index (χ4n) is 10.1. The lowest BCUT2D eigenvalue weighted by molar-refractivity contribution is -0.171. The Morgan fingerprint density at radius 1 is 0.556 bits per heavy atom. The van der Waals surface area contributed by atoms with Crippen LogP contribution >= 0.6 is 0 Å². The lowest BCUT2D eigenvalue weighted by Crippen LogP contribution is -2.41. The molecule has 0 amide bonds. The van der Waals surface area contributed by atoms with Gasteiger partial charge in [0.15, 0.2) is 24.5 Å². The summed E-state index contributed by atoms with van der Waals surface area (Å²) in [7, 11) is -3.48. The van der Waals surface area contributed by atoms with E-state index in [0.29, 0.717) is 22.6 Å². The molecule has 0 aliphatic heterocycles. The molecule has 0 spiro atoms. The smallest absolute Gasteiger partial charge is 0.310 e. The molecule has 8 heteroatoms. The van der Waals surface area contributed by atoms with Crippen LogP contribution in [0.25, 0.3) is 0 Å². The summed E-state index contributed by atoms with van der Waals surface area (Å²) in [5, 5.41) is -0.214.